The van der Waals surface area contributed by atoms with Crippen LogP contribution >= 0.6 is 32.0 Å². The molecule has 0 aromatic carbocycles. The molecule has 0 saturated heterocycles. The van der Waals surface area contributed by atoms with Gasteiger partial charge in [0.2, 0.25) is 0 Å². The fourth-order valence-electron chi connectivity index (χ4n) is 5.53. The molecule has 0 unspecified atom stereocenters. The average Bonchev–Trinajstić information content (AvgIpc) is 2.93. The molecule has 0 amide bonds. The fourth-order valence-corrected chi connectivity index (χ4v) is 6.34. The van der Waals surface area contributed by atoms with Crippen molar-refractivity contribution in [3.8, 4) is 0 Å². The maximum atomic E-state index is 12.1. The minimum absolute atomic E-state index is 0. The summed E-state index contributed by atoms with van der Waals surface area (Å²) in [6, 6.07) is 6.19. The standard InChI is InChI=1S/C26H43N5O3S.CH4.2ClH.Mn/c1-33-12-13-34-26(32)18-35-21-14-19-16-29-24-8-4-2-6-22(24)27-10-11-28-23-7-3-5-9-25(23)30-17-20(15-21)31-19;;;;/h14-15,22-25,27-30H,2-13,16-18H2,1H3;1H4;2*1H;/q;;;;+2/p-2/t22-,23-,24-,25-;;;;/m1..../s1. The van der Waals surface area contributed by atoms with E-state index < -0.39 is 0 Å². The average molecular weight is 648 g/mol. The van der Waals surface area contributed by atoms with Crippen LogP contribution in [0.15, 0.2) is 17.0 Å². The van der Waals surface area contributed by atoms with Gasteiger partial charge in [-0.25, -0.2) is 0 Å². The van der Waals surface area contributed by atoms with Gasteiger partial charge in [0.25, 0.3) is 0 Å². The second-order valence-corrected chi connectivity index (χ2v) is 13.0. The molecule has 2 fully saturated rings. The number of nitrogens with zero attached hydrogens (tertiary/aromatic N) is 1. The van der Waals surface area contributed by atoms with Crippen molar-refractivity contribution in [3.05, 3.63) is 23.5 Å². The third kappa shape index (κ3) is 13.2. The van der Waals surface area contributed by atoms with E-state index in [9.17, 15) is 4.79 Å². The van der Waals surface area contributed by atoms with Crippen molar-refractivity contribution in [1.82, 2.24) is 26.3 Å². The Hall–Kier alpha value is -0.131. The number of esters is 1. The summed E-state index contributed by atoms with van der Waals surface area (Å²) < 4.78 is 10.2. The molecule has 4 rings (SSSR count). The van der Waals surface area contributed by atoms with Crippen LogP contribution in [0.25, 0.3) is 0 Å². The van der Waals surface area contributed by atoms with Crippen LogP contribution in [0, 0.1) is 0 Å². The molecule has 1 aromatic heterocycles. The third-order valence-corrected chi connectivity index (χ3v) is 8.32. The molecule has 1 aromatic rings. The zero-order chi connectivity index (χ0) is 27.0. The molecule has 1 aliphatic heterocycles. The van der Waals surface area contributed by atoms with Crippen LogP contribution in [0.4, 0.5) is 0 Å². The first kappa shape index (κ1) is 35.1. The van der Waals surface area contributed by atoms with E-state index in [-0.39, 0.29) is 32.3 Å². The zero-order valence-electron chi connectivity index (χ0n) is 22.3. The molecule has 225 valence electrons. The number of halogens is 2. The van der Waals surface area contributed by atoms with Gasteiger partial charge in [-0.05, 0) is 37.8 Å². The maximum absolute atomic E-state index is 12.1. The zero-order valence-corrected chi connectivity index (χ0v) is 25.8. The number of ether oxygens (including phenoxy) is 2. The number of carbonyl (C=O) groups excluding carboxylic acids is 1. The number of pyridine rings is 1. The summed E-state index contributed by atoms with van der Waals surface area (Å²) in [5, 5.41) is 15.2. The second-order valence-electron chi connectivity index (χ2n) is 10.0. The van der Waals surface area contributed by atoms with Crippen molar-refractivity contribution in [2.24, 2.45) is 0 Å². The third-order valence-electron chi connectivity index (χ3n) is 7.37. The molecule has 12 heteroatoms. The Bertz CT molecular complexity index is 783. The van der Waals surface area contributed by atoms with E-state index in [1.165, 1.54) is 63.1 Å². The summed E-state index contributed by atoms with van der Waals surface area (Å²) in [6.45, 7) is 4.23. The van der Waals surface area contributed by atoms with Crippen molar-refractivity contribution in [2.45, 2.75) is 101 Å². The molecule has 4 atom stereocenters. The van der Waals surface area contributed by atoms with Crippen molar-refractivity contribution in [3.63, 3.8) is 0 Å². The van der Waals surface area contributed by atoms with E-state index in [4.69, 9.17) is 34.7 Å². The van der Waals surface area contributed by atoms with Gasteiger partial charge in [0.15, 0.2) is 0 Å². The van der Waals surface area contributed by atoms with Crippen LogP contribution in [0.1, 0.15) is 70.2 Å². The number of nitrogens with one attached hydrogen (secondary N) is 4. The number of rotatable bonds is 6. The SMILES string of the molecule is C.COCCOC(=O)CSc1cc2nc(c1)CN[C@@H]1CCCC[C@H]1NCCN[C@@H]1CCCC[C@H]1NC2.[Cl][Mn][Cl]. The Labute approximate surface area is 254 Å². The monoisotopic (exact) mass is 646 g/mol. The molecule has 0 spiro atoms. The van der Waals surface area contributed by atoms with Gasteiger partial charge in [-0.2, -0.15) is 0 Å². The molecule has 3 aliphatic rings. The van der Waals surface area contributed by atoms with Gasteiger partial charge in [0.1, 0.15) is 6.61 Å². The Morgan fingerprint density at radius 3 is 1.82 bits per heavy atom. The number of aromatic nitrogens is 1. The molecule has 2 saturated carbocycles. The van der Waals surface area contributed by atoms with E-state index in [0.29, 0.717) is 37.4 Å². The number of thioether (sulfide) groups is 1. The molecular formula is C27H47Cl2MnN5O3S. The second kappa shape index (κ2) is 20.7. The van der Waals surface area contributed by atoms with Crippen molar-refractivity contribution in [1.29, 1.82) is 0 Å². The van der Waals surface area contributed by atoms with Gasteiger partial charge >= 0.3 is 39.3 Å². The summed E-state index contributed by atoms with van der Waals surface area (Å²) in [5.41, 5.74) is 2.08. The van der Waals surface area contributed by atoms with Gasteiger partial charge in [0, 0.05) is 62.4 Å². The van der Waals surface area contributed by atoms with Gasteiger partial charge in [-0.1, -0.05) is 33.1 Å². The minimum atomic E-state index is -0.214. The van der Waals surface area contributed by atoms with Crippen LogP contribution in [0.2, 0.25) is 0 Å². The van der Waals surface area contributed by atoms with Crippen LogP contribution in [-0.4, -0.2) is 74.3 Å². The van der Waals surface area contributed by atoms with E-state index in [2.05, 4.69) is 33.4 Å². The Kier molecular flexibility index (Phi) is 18.6. The number of carbonyl (C=O) groups is 1. The summed E-state index contributed by atoms with van der Waals surface area (Å²) in [6.07, 6.45) is 10.0. The van der Waals surface area contributed by atoms with Crippen LogP contribution in [0.5, 0.6) is 0 Å². The molecule has 0 radical (unpaired) electrons. The Morgan fingerprint density at radius 2 is 1.36 bits per heavy atom. The van der Waals surface area contributed by atoms with E-state index in [1.54, 1.807) is 7.11 Å². The van der Waals surface area contributed by atoms with Crippen molar-refractivity contribution < 1.29 is 27.4 Å². The number of hydrogen-bond acceptors (Lipinski definition) is 9. The van der Waals surface area contributed by atoms with E-state index >= 15 is 0 Å². The van der Waals surface area contributed by atoms with Crippen LogP contribution < -0.4 is 21.3 Å². The van der Waals surface area contributed by atoms with Crippen molar-refractivity contribution >= 4 is 37.9 Å². The molecule has 2 bridgehead atoms. The van der Waals surface area contributed by atoms with Crippen LogP contribution in [-0.2, 0) is 40.5 Å². The number of fused-ring (bicyclic) bond motifs is 4. The topological polar surface area (TPSA) is 96.5 Å². The fraction of sp³-hybridized carbons (Fsp3) is 0.778. The quantitative estimate of drug-likeness (QED) is 0.156. The predicted molar refractivity (Wildman–Crippen MR) is 158 cm³/mol. The first-order chi connectivity index (χ1) is 18.6. The Balaban J connectivity index is 0.00000127. The summed E-state index contributed by atoms with van der Waals surface area (Å²) in [4.78, 5) is 18.2. The summed E-state index contributed by atoms with van der Waals surface area (Å²) >= 11 is 1.53. The molecular weight excluding hydrogens is 600 g/mol. The van der Waals surface area contributed by atoms with Crippen LogP contribution in [0.3, 0.4) is 0 Å². The number of hydrogen-bond donors (Lipinski definition) is 4. The first-order valence-corrected chi connectivity index (χ1v) is 17.9. The molecule has 8 nitrogen and oxygen atoms in total. The first-order valence-electron chi connectivity index (χ1n) is 13.7. The normalized spacial score (nSPS) is 25.7. The summed E-state index contributed by atoms with van der Waals surface area (Å²) in [5.74, 6) is 0.0744. The molecule has 39 heavy (non-hydrogen) atoms. The van der Waals surface area contributed by atoms with Crippen molar-refractivity contribution in [2.75, 3.05) is 39.2 Å². The van der Waals surface area contributed by atoms with Gasteiger partial charge in [-0.15, -0.1) is 11.8 Å². The molecule has 4 N–H and O–H groups in total. The Morgan fingerprint density at radius 1 is 0.897 bits per heavy atom. The summed E-state index contributed by atoms with van der Waals surface area (Å²) in [7, 11) is 11.2. The van der Waals surface area contributed by atoms with E-state index in [1.807, 2.05) is 0 Å². The molecule has 2 heterocycles. The van der Waals surface area contributed by atoms with Gasteiger partial charge in [-0.3, -0.25) is 9.78 Å². The molecule has 2 aliphatic carbocycles. The van der Waals surface area contributed by atoms with Gasteiger partial charge < -0.3 is 30.7 Å². The number of methoxy groups -OCH3 is 1. The van der Waals surface area contributed by atoms with Gasteiger partial charge in [0.05, 0.1) is 23.7 Å². The van der Waals surface area contributed by atoms with E-state index in [0.717, 1.165) is 42.5 Å². The predicted octanol–water partition coefficient (Wildman–Crippen LogP) is 4.37.